The normalized spacial score (nSPS) is 10.1. The zero-order valence-electron chi connectivity index (χ0n) is 9.84. The quantitative estimate of drug-likeness (QED) is 0.672. The first-order valence-electron chi connectivity index (χ1n) is 5.33. The molecular formula is C12H7BrClN3O3. The molecule has 0 radical (unpaired) electrons. The lowest BCUT2D eigenvalue weighted by molar-refractivity contribution is -0.384. The third-order valence-corrected chi connectivity index (χ3v) is 3.01. The van der Waals surface area contributed by atoms with E-state index in [0.717, 1.165) is 0 Å². The number of nitrogens with zero attached hydrogens (tertiary/aromatic N) is 2. The monoisotopic (exact) mass is 355 g/mol. The summed E-state index contributed by atoms with van der Waals surface area (Å²) in [6.45, 7) is 0. The largest absolute Gasteiger partial charge is 0.307 e. The van der Waals surface area contributed by atoms with Crippen molar-refractivity contribution in [3.05, 3.63) is 61.7 Å². The van der Waals surface area contributed by atoms with Gasteiger partial charge in [0.2, 0.25) is 0 Å². The Kier molecular flexibility index (Phi) is 4.31. The van der Waals surface area contributed by atoms with Crippen molar-refractivity contribution in [1.29, 1.82) is 0 Å². The summed E-state index contributed by atoms with van der Waals surface area (Å²) in [5, 5.41) is 13.7. The molecule has 0 aliphatic carbocycles. The number of pyridine rings is 1. The first-order valence-corrected chi connectivity index (χ1v) is 6.51. The van der Waals surface area contributed by atoms with Gasteiger partial charge in [0.15, 0.2) is 0 Å². The third-order valence-electron chi connectivity index (χ3n) is 2.32. The second kappa shape index (κ2) is 5.98. The highest BCUT2D eigenvalue weighted by Crippen LogP contribution is 2.22. The van der Waals surface area contributed by atoms with Crippen LogP contribution in [0.5, 0.6) is 0 Å². The number of rotatable bonds is 3. The van der Waals surface area contributed by atoms with E-state index in [-0.39, 0.29) is 17.1 Å². The third kappa shape index (κ3) is 3.52. The van der Waals surface area contributed by atoms with Crippen LogP contribution in [0.25, 0.3) is 0 Å². The standard InChI is InChI=1S/C12H7BrClN3O3/c13-8-3-7(4-10(5-8)17(19)20)12(18)16-11-6-9(14)1-2-15-11/h1-6H,(H,15,16,18). The predicted molar refractivity (Wildman–Crippen MR) is 78.0 cm³/mol. The fraction of sp³-hybridized carbons (Fsp3) is 0. The maximum Gasteiger partial charge on any atom is 0.271 e. The molecule has 1 aromatic carbocycles. The summed E-state index contributed by atoms with van der Waals surface area (Å²) in [5.41, 5.74) is -0.0311. The number of nitro groups is 1. The SMILES string of the molecule is O=C(Nc1cc(Cl)ccn1)c1cc(Br)cc([N+](=O)[O-])c1. The van der Waals surface area contributed by atoms with E-state index in [1.54, 1.807) is 6.07 Å². The first kappa shape index (κ1) is 14.4. The molecule has 0 saturated carbocycles. The van der Waals surface area contributed by atoms with Gasteiger partial charge in [0.05, 0.1) is 4.92 Å². The molecule has 0 atom stereocenters. The Hall–Kier alpha value is -1.99. The highest BCUT2D eigenvalue weighted by atomic mass is 79.9. The number of nitro benzene ring substituents is 1. The number of hydrogen-bond donors (Lipinski definition) is 1. The van der Waals surface area contributed by atoms with Gasteiger partial charge in [0.1, 0.15) is 5.82 Å². The highest BCUT2D eigenvalue weighted by Gasteiger charge is 2.14. The van der Waals surface area contributed by atoms with Crippen molar-refractivity contribution in [2.24, 2.45) is 0 Å². The lowest BCUT2D eigenvalue weighted by atomic mass is 10.2. The van der Waals surface area contributed by atoms with Crippen molar-refractivity contribution in [2.45, 2.75) is 0 Å². The molecule has 1 aromatic heterocycles. The number of benzene rings is 1. The van der Waals surface area contributed by atoms with Gasteiger partial charge >= 0.3 is 0 Å². The summed E-state index contributed by atoms with van der Waals surface area (Å²) in [7, 11) is 0. The van der Waals surface area contributed by atoms with Crippen molar-refractivity contribution < 1.29 is 9.72 Å². The molecule has 8 heteroatoms. The summed E-state index contributed by atoms with van der Waals surface area (Å²) in [6.07, 6.45) is 1.45. The van der Waals surface area contributed by atoms with Gasteiger partial charge in [-0.15, -0.1) is 0 Å². The Labute approximate surface area is 127 Å². The highest BCUT2D eigenvalue weighted by molar-refractivity contribution is 9.10. The van der Waals surface area contributed by atoms with E-state index >= 15 is 0 Å². The number of hydrogen-bond acceptors (Lipinski definition) is 4. The minimum atomic E-state index is -0.570. The number of halogens is 2. The fourth-order valence-corrected chi connectivity index (χ4v) is 2.11. The number of aromatic nitrogens is 1. The van der Waals surface area contributed by atoms with Gasteiger partial charge in [-0.3, -0.25) is 14.9 Å². The molecule has 20 heavy (non-hydrogen) atoms. The van der Waals surface area contributed by atoms with Crippen LogP contribution in [0.1, 0.15) is 10.4 Å². The van der Waals surface area contributed by atoms with Gasteiger partial charge in [0, 0.05) is 33.4 Å². The number of carbonyl (C=O) groups excluding carboxylic acids is 1. The van der Waals surface area contributed by atoms with Crippen LogP contribution in [0.2, 0.25) is 5.02 Å². The molecule has 0 spiro atoms. The molecule has 0 bridgehead atoms. The average molecular weight is 357 g/mol. The van der Waals surface area contributed by atoms with Crippen molar-refractivity contribution in [2.75, 3.05) is 5.32 Å². The number of non-ortho nitro benzene ring substituents is 1. The van der Waals surface area contributed by atoms with Crippen molar-refractivity contribution in [3.63, 3.8) is 0 Å². The molecule has 102 valence electrons. The molecule has 1 amide bonds. The Morgan fingerprint density at radius 3 is 2.75 bits per heavy atom. The van der Waals surface area contributed by atoms with Crippen molar-refractivity contribution in [3.8, 4) is 0 Å². The topological polar surface area (TPSA) is 85.1 Å². The Bertz CT molecular complexity index is 693. The van der Waals surface area contributed by atoms with Crippen molar-refractivity contribution in [1.82, 2.24) is 4.98 Å². The molecule has 0 aliphatic heterocycles. The summed E-state index contributed by atoms with van der Waals surface area (Å²) < 4.78 is 0.441. The first-order chi connectivity index (χ1) is 9.45. The van der Waals surface area contributed by atoms with E-state index in [0.29, 0.717) is 9.50 Å². The van der Waals surface area contributed by atoms with Gasteiger partial charge in [-0.05, 0) is 18.2 Å². The molecule has 0 aliphatic rings. The molecule has 1 N–H and O–H groups in total. The minimum Gasteiger partial charge on any atom is -0.307 e. The summed E-state index contributed by atoms with van der Waals surface area (Å²) in [6, 6.07) is 7.03. The van der Waals surface area contributed by atoms with Crippen LogP contribution < -0.4 is 5.32 Å². The lowest BCUT2D eigenvalue weighted by Crippen LogP contribution is -2.13. The molecule has 1 heterocycles. The zero-order valence-corrected chi connectivity index (χ0v) is 12.2. The van der Waals surface area contributed by atoms with E-state index in [2.05, 4.69) is 26.2 Å². The zero-order chi connectivity index (χ0) is 14.7. The van der Waals surface area contributed by atoms with E-state index in [1.165, 1.54) is 30.5 Å². The van der Waals surface area contributed by atoms with Gasteiger partial charge in [-0.1, -0.05) is 27.5 Å². The molecule has 0 fully saturated rings. The van der Waals surface area contributed by atoms with Crippen LogP contribution in [0.15, 0.2) is 41.0 Å². The minimum absolute atomic E-state index is 0.146. The molecule has 0 saturated heterocycles. The molecule has 2 aromatic rings. The number of amides is 1. The Morgan fingerprint density at radius 2 is 2.10 bits per heavy atom. The summed E-state index contributed by atoms with van der Waals surface area (Å²) >= 11 is 8.90. The molecule has 6 nitrogen and oxygen atoms in total. The molecule has 0 unspecified atom stereocenters. The van der Waals surface area contributed by atoms with Gasteiger partial charge in [-0.2, -0.15) is 0 Å². The number of nitrogens with one attached hydrogen (secondary N) is 1. The second-order valence-corrected chi connectivity index (χ2v) is 5.12. The van der Waals surface area contributed by atoms with Gasteiger partial charge in [0.25, 0.3) is 11.6 Å². The van der Waals surface area contributed by atoms with E-state index in [4.69, 9.17) is 11.6 Å². The maximum absolute atomic E-state index is 12.0. The fourth-order valence-electron chi connectivity index (χ4n) is 1.47. The average Bonchev–Trinajstić information content (AvgIpc) is 2.37. The van der Waals surface area contributed by atoms with Gasteiger partial charge in [-0.25, -0.2) is 4.98 Å². The van der Waals surface area contributed by atoms with Crippen LogP contribution in [0, 0.1) is 10.1 Å². The summed E-state index contributed by atoms with van der Waals surface area (Å²) in [4.78, 5) is 26.1. The van der Waals surface area contributed by atoms with Crippen LogP contribution in [0.3, 0.4) is 0 Å². The molecular weight excluding hydrogens is 350 g/mol. The van der Waals surface area contributed by atoms with Crippen LogP contribution in [-0.2, 0) is 0 Å². The van der Waals surface area contributed by atoms with Gasteiger partial charge < -0.3 is 5.32 Å². The lowest BCUT2D eigenvalue weighted by Gasteiger charge is -2.05. The van der Waals surface area contributed by atoms with Crippen LogP contribution in [-0.4, -0.2) is 15.8 Å². The number of anilines is 1. The molecule has 2 rings (SSSR count). The van der Waals surface area contributed by atoms with E-state index in [9.17, 15) is 14.9 Å². The number of carbonyl (C=O) groups is 1. The Balaban J connectivity index is 2.27. The predicted octanol–water partition coefficient (Wildman–Crippen LogP) is 3.66. The van der Waals surface area contributed by atoms with Crippen molar-refractivity contribution >= 4 is 44.9 Å². The van der Waals surface area contributed by atoms with Crippen LogP contribution >= 0.6 is 27.5 Å². The summed E-state index contributed by atoms with van der Waals surface area (Å²) in [5.74, 6) is -0.241. The van der Waals surface area contributed by atoms with Crippen LogP contribution in [0.4, 0.5) is 11.5 Å². The maximum atomic E-state index is 12.0. The smallest absolute Gasteiger partial charge is 0.271 e. The second-order valence-electron chi connectivity index (χ2n) is 3.77. The van der Waals surface area contributed by atoms with E-state index < -0.39 is 10.8 Å². The Morgan fingerprint density at radius 1 is 1.35 bits per heavy atom. The van der Waals surface area contributed by atoms with E-state index in [1.807, 2.05) is 0 Å².